The Labute approximate surface area is 178 Å². The fourth-order valence-corrected chi connectivity index (χ4v) is 5.15. The van der Waals surface area contributed by atoms with Crippen molar-refractivity contribution in [1.29, 1.82) is 0 Å². The molecule has 1 aromatic carbocycles. The van der Waals surface area contributed by atoms with Gasteiger partial charge in [0.1, 0.15) is 5.56 Å². The standard InChI is InChI=1S/C20H19F3N4OS2/c1-27-6-5-12-3-4-14(7-13(12)10-27)25-19-24-9-16(20(21,22)23)18(26-19)17-8-15(11-29-17)30(2)28/h3-4,7-9,11H,5-6,10H2,1-2H3,(H,24,25,26). The molecule has 1 unspecified atom stereocenters. The fourth-order valence-electron chi connectivity index (χ4n) is 3.34. The molecule has 0 bridgehead atoms. The second-order valence-electron chi connectivity index (χ2n) is 7.15. The smallest absolute Gasteiger partial charge is 0.324 e. The molecule has 0 aliphatic carbocycles. The van der Waals surface area contributed by atoms with Crippen LogP contribution in [0, 0.1) is 0 Å². The van der Waals surface area contributed by atoms with Crippen LogP contribution in [0.25, 0.3) is 10.6 Å². The topological polar surface area (TPSA) is 58.1 Å². The summed E-state index contributed by atoms with van der Waals surface area (Å²) in [6.07, 6.45) is -1.36. The second kappa shape index (κ2) is 8.09. The Bertz CT molecular complexity index is 1110. The predicted octanol–water partition coefficient (Wildman–Crippen LogP) is 4.69. The summed E-state index contributed by atoms with van der Waals surface area (Å²) in [6, 6.07) is 7.37. The quantitative estimate of drug-likeness (QED) is 0.622. The van der Waals surface area contributed by atoms with Crippen molar-refractivity contribution in [2.75, 3.05) is 25.2 Å². The summed E-state index contributed by atoms with van der Waals surface area (Å²) in [5.74, 6) is 0.0784. The number of hydrogen-bond donors (Lipinski definition) is 1. The summed E-state index contributed by atoms with van der Waals surface area (Å²) in [5.41, 5.74) is 2.02. The van der Waals surface area contributed by atoms with Crippen molar-refractivity contribution in [1.82, 2.24) is 14.9 Å². The second-order valence-corrected chi connectivity index (χ2v) is 9.44. The number of alkyl halides is 3. The minimum absolute atomic E-state index is 0.0784. The lowest BCUT2D eigenvalue weighted by Crippen LogP contribution is -2.26. The first-order chi connectivity index (χ1) is 14.2. The summed E-state index contributed by atoms with van der Waals surface area (Å²) >= 11 is 1.08. The van der Waals surface area contributed by atoms with Gasteiger partial charge in [0.25, 0.3) is 0 Å². The number of benzene rings is 1. The van der Waals surface area contributed by atoms with Gasteiger partial charge in [0, 0.05) is 41.5 Å². The third kappa shape index (κ3) is 4.40. The van der Waals surface area contributed by atoms with Crippen LogP contribution >= 0.6 is 11.3 Å². The average Bonchev–Trinajstić information content (AvgIpc) is 3.17. The largest absolute Gasteiger partial charge is 0.420 e. The average molecular weight is 453 g/mol. The molecule has 1 aliphatic heterocycles. The van der Waals surface area contributed by atoms with Gasteiger partial charge in [-0.1, -0.05) is 6.07 Å². The van der Waals surface area contributed by atoms with Crippen molar-refractivity contribution in [2.24, 2.45) is 0 Å². The van der Waals surface area contributed by atoms with Crippen LogP contribution in [0.1, 0.15) is 16.7 Å². The zero-order valence-corrected chi connectivity index (χ0v) is 17.9. The number of fused-ring (bicyclic) bond motifs is 1. The van der Waals surface area contributed by atoms with E-state index in [1.807, 2.05) is 25.2 Å². The minimum atomic E-state index is -4.60. The van der Waals surface area contributed by atoms with Gasteiger partial charge in [-0.25, -0.2) is 9.97 Å². The zero-order valence-electron chi connectivity index (χ0n) is 16.3. The molecule has 158 valence electrons. The molecule has 0 radical (unpaired) electrons. The highest BCUT2D eigenvalue weighted by Gasteiger charge is 2.36. The molecule has 1 aliphatic rings. The SMILES string of the molecule is CN1CCc2ccc(Nc3ncc(C(F)(F)F)c(-c4cc(S(C)=O)cs4)n3)cc2C1. The van der Waals surface area contributed by atoms with E-state index < -0.39 is 22.5 Å². The van der Waals surface area contributed by atoms with E-state index in [4.69, 9.17) is 0 Å². The number of anilines is 2. The number of rotatable bonds is 4. The van der Waals surface area contributed by atoms with Gasteiger partial charge in [0.05, 0.1) is 21.4 Å². The van der Waals surface area contributed by atoms with Crippen LogP contribution in [-0.2, 0) is 29.9 Å². The molecule has 3 heterocycles. The molecular weight excluding hydrogens is 433 g/mol. The Hall–Kier alpha value is -2.30. The van der Waals surface area contributed by atoms with Crippen molar-refractivity contribution < 1.29 is 17.4 Å². The molecule has 30 heavy (non-hydrogen) atoms. The zero-order chi connectivity index (χ0) is 21.5. The summed E-state index contributed by atoms with van der Waals surface area (Å²) in [6.45, 7) is 1.81. The Morgan fingerprint density at radius 1 is 1.23 bits per heavy atom. The van der Waals surface area contributed by atoms with Gasteiger partial charge in [0.2, 0.25) is 5.95 Å². The van der Waals surface area contributed by atoms with E-state index in [2.05, 4.69) is 20.2 Å². The molecule has 0 amide bonds. The molecular formula is C20H19F3N4OS2. The molecule has 2 aromatic heterocycles. The van der Waals surface area contributed by atoms with E-state index >= 15 is 0 Å². The van der Waals surface area contributed by atoms with Crippen molar-refractivity contribution in [3.63, 3.8) is 0 Å². The lowest BCUT2D eigenvalue weighted by Gasteiger charge is -2.25. The van der Waals surface area contributed by atoms with E-state index in [0.29, 0.717) is 9.77 Å². The number of likely N-dealkylation sites (N-methyl/N-ethyl adjacent to an activating group) is 1. The minimum Gasteiger partial charge on any atom is -0.324 e. The summed E-state index contributed by atoms with van der Waals surface area (Å²) in [5, 5.41) is 4.61. The Morgan fingerprint density at radius 3 is 2.73 bits per heavy atom. The first kappa shape index (κ1) is 21.0. The Balaban J connectivity index is 1.69. The van der Waals surface area contributed by atoms with Gasteiger partial charge in [0.15, 0.2) is 0 Å². The maximum atomic E-state index is 13.5. The highest BCUT2D eigenvalue weighted by molar-refractivity contribution is 7.84. The molecule has 0 saturated heterocycles. The Kier molecular flexibility index (Phi) is 5.65. The number of thiophene rings is 1. The van der Waals surface area contributed by atoms with Crippen LogP contribution in [0.15, 0.2) is 40.7 Å². The summed E-state index contributed by atoms with van der Waals surface area (Å²) in [7, 11) is 0.764. The molecule has 3 aromatic rings. The molecule has 0 fully saturated rings. The number of hydrogen-bond acceptors (Lipinski definition) is 6. The van der Waals surface area contributed by atoms with Crippen LogP contribution in [-0.4, -0.2) is 38.9 Å². The molecule has 1 atom stereocenters. The lowest BCUT2D eigenvalue weighted by atomic mass is 9.99. The third-order valence-corrected chi connectivity index (χ3v) is 6.89. The van der Waals surface area contributed by atoms with Crippen LogP contribution in [0.4, 0.5) is 24.8 Å². The van der Waals surface area contributed by atoms with Gasteiger partial charge >= 0.3 is 6.18 Å². The van der Waals surface area contributed by atoms with Crippen molar-refractivity contribution in [2.45, 2.75) is 24.0 Å². The van der Waals surface area contributed by atoms with Crippen molar-refractivity contribution >= 4 is 33.8 Å². The van der Waals surface area contributed by atoms with Crippen LogP contribution in [0.3, 0.4) is 0 Å². The van der Waals surface area contributed by atoms with E-state index in [1.54, 1.807) is 5.38 Å². The molecule has 0 saturated carbocycles. The van der Waals surface area contributed by atoms with E-state index in [9.17, 15) is 17.4 Å². The van der Waals surface area contributed by atoms with Gasteiger partial charge in [-0.05, 0) is 42.8 Å². The monoisotopic (exact) mass is 452 g/mol. The fraction of sp³-hybridized carbons (Fsp3) is 0.300. The van der Waals surface area contributed by atoms with Crippen LogP contribution < -0.4 is 5.32 Å². The van der Waals surface area contributed by atoms with Gasteiger partial charge in [-0.2, -0.15) is 13.2 Å². The molecule has 10 heteroatoms. The maximum Gasteiger partial charge on any atom is 0.420 e. The van der Waals surface area contributed by atoms with Gasteiger partial charge < -0.3 is 10.2 Å². The number of nitrogens with one attached hydrogen (secondary N) is 1. The lowest BCUT2D eigenvalue weighted by molar-refractivity contribution is -0.137. The third-order valence-electron chi connectivity index (χ3n) is 4.90. The number of halogens is 3. The number of nitrogens with zero attached hydrogens (tertiary/aromatic N) is 3. The van der Waals surface area contributed by atoms with E-state index in [-0.39, 0.29) is 11.6 Å². The van der Waals surface area contributed by atoms with Crippen LogP contribution in [0.2, 0.25) is 0 Å². The van der Waals surface area contributed by atoms with E-state index in [1.165, 1.54) is 23.4 Å². The van der Waals surface area contributed by atoms with Gasteiger partial charge in [-0.15, -0.1) is 11.3 Å². The highest BCUT2D eigenvalue weighted by atomic mass is 32.2. The molecule has 5 nitrogen and oxygen atoms in total. The highest BCUT2D eigenvalue weighted by Crippen LogP contribution is 2.39. The molecule has 1 N–H and O–H groups in total. The first-order valence-corrected chi connectivity index (χ1v) is 11.6. The number of aromatic nitrogens is 2. The summed E-state index contributed by atoms with van der Waals surface area (Å²) in [4.78, 5) is 11.0. The van der Waals surface area contributed by atoms with E-state index in [0.717, 1.165) is 42.7 Å². The predicted molar refractivity (Wildman–Crippen MR) is 112 cm³/mol. The van der Waals surface area contributed by atoms with Crippen molar-refractivity contribution in [3.8, 4) is 10.6 Å². The normalized spacial score (nSPS) is 15.6. The van der Waals surface area contributed by atoms with Crippen molar-refractivity contribution in [3.05, 3.63) is 52.5 Å². The molecule has 0 spiro atoms. The van der Waals surface area contributed by atoms with Gasteiger partial charge in [-0.3, -0.25) is 4.21 Å². The van der Waals surface area contributed by atoms with Crippen LogP contribution in [0.5, 0.6) is 0 Å². The molecule has 4 rings (SSSR count). The maximum absolute atomic E-state index is 13.5. The summed E-state index contributed by atoms with van der Waals surface area (Å²) < 4.78 is 52.2. The first-order valence-electron chi connectivity index (χ1n) is 9.14. The Morgan fingerprint density at radius 2 is 2.03 bits per heavy atom.